The van der Waals surface area contributed by atoms with Crippen molar-refractivity contribution in [2.24, 2.45) is 5.92 Å². The van der Waals surface area contributed by atoms with Gasteiger partial charge in [-0.1, -0.05) is 13.8 Å². The van der Waals surface area contributed by atoms with Gasteiger partial charge in [-0.3, -0.25) is 19.0 Å². The molecule has 4 rings (SSSR count). The van der Waals surface area contributed by atoms with Gasteiger partial charge in [0, 0.05) is 23.8 Å². The Labute approximate surface area is 260 Å². The van der Waals surface area contributed by atoms with Crippen molar-refractivity contribution in [2.75, 3.05) is 18.9 Å². The lowest BCUT2D eigenvalue weighted by Crippen LogP contribution is -2.40. The van der Waals surface area contributed by atoms with Crippen LogP contribution in [0.4, 0.5) is 19.0 Å². The molecule has 0 aliphatic heterocycles. The van der Waals surface area contributed by atoms with E-state index in [0.717, 1.165) is 74.9 Å². The molecule has 3 N–H and O–H groups in total. The summed E-state index contributed by atoms with van der Waals surface area (Å²) in [4.78, 5) is 38.2. The molecule has 1 saturated carbocycles. The lowest BCUT2D eigenvalue weighted by molar-refractivity contribution is -0.151. The summed E-state index contributed by atoms with van der Waals surface area (Å²) >= 11 is 0. The lowest BCUT2D eigenvalue weighted by atomic mass is 10.0. The molecule has 11 heteroatoms. The van der Waals surface area contributed by atoms with Gasteiger partial charge in [-0.2, -0.15) is 0 Å². The molecule has 1 aliphatic carbocycles. The van der Waals surface area contributed by atoms with Crippen LogP contribution in [0.3, 0.4) is 0 Å². The van der Waals surface area contributed by atoms with Crippen LogP contribution in [0, 0.1) is 23.4 Å². The SMILES string of the molecule is CC(C)C[C@@H](NCCCCCOc1cc(F)c(-n2c(N)c(C(=O)c3ccc(F)cc3)ccc2=O)c(F)c1)C(=O)OC1CCCC1. The molecule has 1 aliphatic rings. The van der Waals surface area contributed by atoms with Crippen LogP contribution in [-0.4, -0.2) is 41.6 Å². The van der Waals surface area contributed by atoms with E-state index in [-0.39, 0.29) is 41.6 Å². The van der Waals surface area contributed by atoms with Gasteiger partial charge >= 0.3 is 5.97 Å². The summed E-state index contributed by atoms with van der Waals surface area (Å²) in [6, 6.07) is 8.36. The molecule has 1 heterocycles. The van der Waals surface area contributed by atoms with Crippen molar-refractivity contribution >= 4 is 17.6 Å². The molecule has 242 valence electrons. The predicted molar refractivity (Wildman–Crippen MR) is 165 cm³/mol. The number of anilines is 1. The second-order valence-corrected chi connectivity index (χ2v) is 11.8. The third-order valence-electron chi connectivity index (χ3n) is 7.75. The first-order chi connectivity index (χ1) is 21.5. The zero-order valence-corrected chi connectivity index (χ0v) is 25.6. The van der Waals surface area contributed by atoms with E-state index in [1.165, 1.54) is 12.1 Å². The molecule has 3 aromatic rings. The molecular weight excluding hydrogens is 587 g/mol. The largest absolute Gasteiger partial charge is 0.493 e. The number of rotatable bonds is 15. The van der Waals surface area contributed by atoms with Crippen molar-refractivity contribution in [3.63, 3.8) is 0 Å². The Hall–Kier alpha value is -4.12. The van der Waals surface area contributed by atoms with E-state index < -0.39 is 40.3 Å². The first-order valence-corrected chi connectivity index (χ1v) is 15.4. The summed E-state index contributed by atoms with van der Waals surface area (Å²) in [6.07, 6.45) is 6.88. The zero-order valence-electron chi connectivity index (χ0n) is 25.6. The number of carbonyl (C=O) groups excluding carboxylic acids is 2. The van der Waals surface area contributed by atoms with Crippen LogP contribution in [0.15, 0.2) is 53.3 Å². The van der Waals surface area contributed by atoms with Crippen molar-refractivity contribution in [1.82, 2.24) is 9.88 Å². The first-order valence-electron chi connectivity index (χ1n) is 15.4. The van der Waals surface area contributed by atoms with Crippen molar-refractivity contribution in [1.29, 1.82) is 0 Å². The number of carbonyl (C=O) groups is 2. The van der Waals surface area contributed by atoms with E-state index in [1.807, 2.05) is 0 Å². The Bertz CT molecular complexity index is 1510. The number of benzene rings is 2. The minimum absolute atomic E-state index is 0.0235. The van der Waals surface area contributed by atoms with E-state index in [9.17, 15) is 18.8 Å². The van der Waals surface area contributed by atoms with E-state index in [1.54, 1.807) is 0 Å². The van der Waals surface area contributed by atoms with E-state index in [2.05, 4.69) is 19.2 Å². The molecule has 0 bridgehead atoms. The minimum atomic E-state index is -1.10. The fourth-order valence-corrected chi connectivity index (χ4v) is 5.43. The number of hydrogen-bond donors (Lipinski definition) is 2. The summed E-state index contributed by atoms with van der Waals surface area (Å²) < 4.78 is 55.5. The predicted octanol–water partition coefficient (Wildman–Crippen LogP) is 6.11. The molecule has 0 radical (unpaired) electrons. The van der Waals surface area contributed by atoms with E-state index in [0.29, 0.717) is 29.9 Å². The second kappa shape index (κ2) is 15.7. The molecule has 0 saturated heterocycles. The van der Waals surface area contributed by atoms with Gasteiger partial charge in [0.05, 0.1) is 12.2 Å². The Balaban J connectivity index is 1.31. The third kappa shape index (κ3) is 8.97. The van der Waals surface area contributed by atoms with Crippen LogP contribution < -0.4 is 21.3 Å². The third-order valence-corrected chi connectivity index (χ3v) is 7.75. The summed E-state index contributed by atoms with van der Waals surface area (Å²) in [6.45, 7) is 4.94. The highest BCUT2D eigenvalue weighted by Crippen LogP contribution is 2.27. The van der Waals surface area contributed by atoms with Crippen molar-refractivity contribution in [3.8, 4) is 11.4 Å². The Morgan fingerprint density at radius 2 is 1.64 bits per heavy atom. The fourth-order valence-electron chi connectivity index (χ4n) is 5.43. The number of ketones is 1. The number of esters is 1. The highest BCUT2D eigenvalue weighted by atomic mass is 19.1. The molecule has 0 spiro atoms. The molecule has 2 aromatic carbocycles. The van der Waals surface area contributed by atoms with E-state index in [4.69, 9.17) is 15.2 Å². The maximum Gasteiger partial charge on any atom is 0.323 e. The molecule has 1 atom stereocenters. The fraction of sp³-hybridized carbons (Fsp3) is 0.441. The molecule has 1 aromatic heterocycles. The van der Waals surface area contributed by atoms with Crippen LogP contribution in [0.5, 0.6) is 5.75 Å². The van der Waals surface area contributed by atoms with Crippen LogP contribution in [0.1, 0.15) is 81.1 Å². The average Bonchev–Trinajstić information content (AvgIpc) is 3.50. The normalized spacial score (nSPS) is 14.1. The highest BCUT2D eigenvalue weighted by molar-refractivity contribution is 6.11. The lowest BCUT2D eigenvalue weighted by Gasteiger charge is -2.21. The Kier molecular flexibility index (Phi) is 11.8. The molecule has 0 amide bonds. The maximum atomic E-state index is 15.2. The van der Waals surface area contributed by atoms with Gasteiger partial charge < -0.3 is 20.5 Å². The van der Waals surface area contributed by atoms with Gasteiger partial charge in [-0.25, -0.2) is 13.2 Å². The summed E-state index contributed by atoms with van der Waals surface area (Å²) in [7, 11) is 0. The number of hydrogen-bond acceptors (Lipinski definition) is 7. The number of halogens is 3. The number of pyridine rings is 1. The van der Waals surface area contributed by atoms with Crippen molar-refractivity contribution < 1.29 is 32.2 Å². The topological polar surface area (TPSA) is 113 Å². The van der Waals surface area contributed by atoms with Crippen molar-refractivity contribution in [2.45, 2.75) is 77.4 Å². The minimum Gasteiger partial charge on any atom is -0.493 e. The summed E-state index contributed by atoms with van der Waals surface area (Å²) in [5.41, 5.74) is 4.40. The second-order valence-electron chi connectivity index (χ2n) is 11.8. The molecule has 45 heavy (non-hydrogen) atoms. The standard InChI is InChI=1S/C34H40F3N3O5/c1-21(2)18-29(34(43)45-24-8-4-5-9-24)39-16-6-3-7-17-44-25-19-27(36)31(28(37)20-25)40-30(41)15-14-26(33(40)38)32(42)22-10-12-23(35)13-11-22/h10-15,19-21,24,29,39H,3-9,16-18,38H2,1-2H3/t29-/m1/s1. The molecule has 0 unspecified atom stereocenters. The van der Waals surface area contributed by atoms with Crippen LogP contribution in [0.2, 0.25) is 0 Å². The molecular formula is C34H40F3N3O5. The number of ether oxygens (including phenoxy) is 2. The van der Waals surface area contributed by atoms with Crippen LogP contribution in [-0.2, 0) is 9.53 Å². The number of nitrogens with one attached hydrogen (secondary N) is 1. The highest BCUT2D eigenvalue weighted by Gasteiger charge is 2.26. The number of nitrogen functional groups attached to an aromatic ring is 1. The van der Waals surface area contributed by atoms with Crippen LogP contribution in [0.25, 0.3) is 5.69 Å². The summed E-state index contributed by atoms with van der Waals surface area (Å²) in [5.74, 6) is -3.77. The maximum absolute atomic E-state index is 15.2. The van der Waals surface area contributed by atoms with Gasteiger partial charge in [0.1, 0.15) is 35.2 Å². The zero-order chi connectivity index (χ0) is 32.5. The number of aromatic nitrogens is 1. The van der Waals surface area contributed by atoms with Crippen molar-refractivity contribution in [3.05, 3.63) is 87.5 Å². The molecule has 8 nitrogen and oxygen atoms in total. The monoisotopic (exact) mass is 627 g/mol. The Morgan fingerprint density at radius 3 is 2.29 bits per heavy atom. The number of nitrogens with zero attached hydrogens (tertiary/aromatic N) is 1. The Morgan fingerprint density at radius 1 is 0.978 bits per heavy atom. The average molecular weight is 628 g/mol. The number of unbranched alkanes of at least 4 members (excludes halogenated alkanes) is 2. The molecule has 1 fully saturated rings. The summed E-state index contributed by atoms with van der Waals surface area (Å²) in [5, 5.41) is 3.31. The van der Waals surface area contributed by atoms with Gasteiger partial charge in [0.25, 0.3) is 5.56 Å². The van der Waals surface area contributed by atoms with E-state index >= 15 is 8.78 Å². The van der Waals surface area contributed by atoms with Crippen LogP contribution >= 0.6 is 0 Å². The quantitative estimate of drug-likeness (QED) is 0.119. The van der Waals surface area contributed by atoms with Gasteiger partial charge in [0.15, 0.2) is 17.4 Å². The van der Waals surface area contributed by atoms with Gasteiger partial charge in [0.2, 0.25) is 0 Å². The van der Waals surface area contributed by atoms with Gasteiger partial charge in [-0.05, 0) is 94.2 Å². The first kappa shape index (κ1) is 33.8. The van der Waals surface area contributed by atoms with Gasteiger partial charge in [-0.15, -0.1) is 0 Å². The smallest absolute Gasteiger partial charge is 0.323 e. The number of nitrogens with two attached hydrogens (primary N) is 1.